The van der Waals surface area contributed by atoms with Crippen LogP contribution in [0, 0.1) is 0 Å². The van der Waals surface area contributed by atoms with Gasteiger partial charge < -0.3 is 9.64 Å². The van der Waals surface area contributed by atoms with Gasteiger partial charge in [0.15, 0.2) is 0 Å². The molecule has 136 valence electrons. The predicted octanol–water partition coefficient (Wildman–Crippen LogP) is 4.06. The Morgan fingerprint density at radius 3 is 2.65 bits per heavy atom. The molecule has 0 spiro atoms. The Bertz CT molecular complexity index is 837. The smallest absolute Gasteiger partial charge is 0.120 e. The van der Waals surface area contributed by atoms with Crippen molar-refractivity contribution < 1.29 is 4.74 Å². The van der Waals surface area contributed by atoms with Gasteiger partial charge in [0.2, 0.25) is 0 Å². The van der Waals surface area contributed by atoms with Crippen molar-refractivity contribution in [1.29, 1.82) is 0 Å². The molecule has 3 aromatic rings. The molecule has 1 fully saturated rings. The molecule has 26 heavy (non-hydrogen) atoms. The van der Waals surface area contributed by atoms with Crippen molar-refractivity contribution >= 4 is 27.2 Å². The van der Waals surface area contributed by atoms with Crippen molar-refractivity contribution in [1.82, 2.24) is 9.88 Å². The first-order chi connectivity index (χ1) is 12.7. The molecule has 0 radical (unpaired) electrons. The highest BCUT2D eigenvalue weighted by atomic mass is 32.1. The van der Waals surface area contributed by atoms with Gasteiger partial charge in [-0.05, 0) is 31.2 Å². The van der Waals surface area contributed by atoms with Crippen LogP contribution in [0.4, 0.5) is 5.69 Å². The number of hydrogen-bond acceptors (Lipinski definition) is 5. The van der Waals surface area contributed by atoms with E-state index < -0.39 is 0 Å². The number of ether oxygens (including phenoxy) is 1. The van der Waals surface area contributed by atoms with Crippen LogP contribution in [0.15, 0.2) is 48.5 Å². The molecule has 1 aromatic heterocycles. The molecule has 4 rings (SSSR count). The third-order valence-electron chi connectivity index (χ3n) is 5.16. The summed E-state index contributed by atoms with van der Waals surface area (Å²) in [6.07, 6.45) is 1.03. The standard InChI is InChI=1S/C21H25N3OS/c1-16(14-21-22-19-8-3-4-9-20(19)26-21)23-10-12-24(13-11-23)17-6-5-7-18(15-17)25-2/h3-9,15-16H,10-14H2,1-2H3/t16-/m1/s1. The van der Waals surface area contributed by atoms with E-state index in [9.17, 15) is 0 Å². The maximum absolute atomic E-state index is 5.35. The zero-order valence-corrected chi connectivity index (χ0v) is 16.2. The second-order valence-electron chi connectivity index (χ2n) is 6.85. The second-order valence-corrected chi connectivity index (χ2v) is 7.97. The fourth-order valence-corrected chi connectivity index (χ4v) is 4.70. The zero-order valence-electron chi connectivity index (χ0n) is 15.4. The molecule has 5 heteroatoms. The lowest BCUT2D eigenvalue weighted by Gasteiger charge is -2.39. The number of aromatic nitrogens is 1. The number of para-hydroxylation sites is 1. The number of piperazine rings is 1. The van der Waals surface area contributed by atoms with E-state index >= 15 is 0 Å². The summed E-state index contributed by atoms with van der Waals surface area (Å²) in [6.45, 7) is 6.61. The van der Waals surface area contributed by atoms with Crippen molar-refractivity contribution in [2.45, 2.75) is 19.4 Å². The summed E-state index contributed by atoms with van der Waals surface area (Å²) >= 11 is 1.83. The van der Waals surface area contributed by atoms with Crippen LogP contribution in [0.5, 0.6) is 5.75 Å². The molecule has 2 aromatic carbocycles. The summed E-state index contributed by atoms with van der Waals surface area (Å²) in [5.74, 6) is 0.925. The monoisotopic (exact) mass is 367 g/mol. The van der Waals surface area contributed by atoms with E-state index in [1.165, 1.54) is 15.4 Å². The van der Waals surface area contributed by atoms with Gasteiger partial charge in [-0.15, -0.1) is 11.3 Å². The van der Waals surface area contributed by atoms with E-state index in [-0.39, 0.29) is 0 Å². The van der Waals surface area contributed by atoms with Crippen molar-refractivity contribution in [2.75, 3.05) is 38.2 Å². The Kier molecular flexibility index (Phi) is 5.09. The molecule has 0 N–H and O–H groups in total. The van der Waals surface area contributed by atoms with Gasteiger partial charge in [-0.25, -0.2) is 4.98 Å². The summed E-state index contributed by atoms with van der Waals surface area (Å²) < 4.78 is 6.64. The highest BCUT2D eigenvalue weighted by Gasteiger charge is 2.22. The van der Waals surface area contributed by atoms with E-state index in [4.69, 9.17) is 9.72 Å². The van der Waals surface area contributed by atoms with Crippen LogP contribution in [0.2, 0.25) is 0 Å². The van der Waals surface area contributed by atoms with Crippen LogP contribution >= 0.6 is 11.3 Å². The van der Waals surface area contributed by atoms with Crippen molar-refractivity contribution in [3.8, 4) is 5.75 Å². The predicted molar refractivity (Wildman–Crippen MR) is 110 cm³/mol. The molecular weight excluding hydrogens is 342 g/mol. The number of methoxy groups -OCH3 is 1. The van der Waals surface area contributed by atoms with Gasteiger partial charge in [0, 0.05) is 50.4 Å². The average Bonchev–Trinajstić information content (AvgIpc) is 3.10. The summed E-state index contributed by atoms with van der Waals surface area (Å²) in [5, 5.41) is 1.24. The second kappa shape index (κ2) is 7.64. The maximum Gasteiger partial charge on any atom is 0.120 e. The van der Waals surface area contributed by atoms with Crippen LogP contribution in [0.3, 0.4) is 0 Å². The normalized spacial score (nSPS) is 16.8. The topological polar surface area (TPSA) is 28.6 Å². The minimum Gasteiger partial charge on any atom is -0.497 e. The van der Waals surface area contributed by atoms with Crippen molar-refractivity contribution in [2.24, 2.45) is 0 Å². The Morgan fingerprint density at radius 1 is 1.08 bits per heavy atom. The number of rotatable bonds is 5. The quantitative estimate of drug-likeness (QED) is 0.680. The van der Waals surface area contributed by atoms with E-state index in [1.54, 1.807) is 7.11 Å². The van der Waals surface area contributed by atoms with Gasteiger partial charge in [-0.3, -0.25) is 4.90 Å². The summed E-state index contributed by atoms with van der Waals surface area (Å²) in [7, 11) is 1.72. The molecule has 1 aliphatic rings. The number of anilines is 1. The van der Waals surface area contributed by atoms with E-state index in [0.717, 1.165) is 43.9 Å². The minimum atomic E-state index is 0.517. The van der Waals surface area contributed by atoms with E-state index in [0.29, 0.717) is 6.04 Å². The Labute approximate surface area is 159 Å². The molecule has 1 atom stereocenters. The zero-order chi connectivity index (χ0) is 17.9. The number of benzene rings is 2. The van der Waals surface area contributed by atoms with Gasteiger partial charge >= 0.3 is 0 Å². The van der Waals surface area contributed by atoms with Crippen LogP contribution in [0.25, 0.3) is 10.2 Å². The molecule has 0 amide bonds. The van der Waals surface area contributed by atoms with Crippen molar-refractivity contribution in [3.63, 3.8) is 0 Å². The third-order valence-corrected chi connectivity index (χ3v) is 6.22. The van der Waals surface area contributed by atoms with E-state index in [1.807, 2.05) is 17.4 Å². The number of hydrogen-bond donors (Lipinski definition) is 0. The minimum absolute atomic E-state index is 0.517. The number of nitrogens with zero attached hydrogens (tertiary/aromatic N) is 3. The molecule has 0 saturated carbocycles. The molecule has 0 unspecified atom stereocenters. The van der Waals surface area contributed by atoms with Gasteiger partial charge in [-0.1, -0.05) is 18.2 Å². The average molecular weight is 368 g/mol. The molecule has 2 heterocycles. The van der Waals surface area contributed by atoms with Crippen LogP contribution in [-0.4, -0.2) is 49.2 Å². The molecule has 0 aliphatic carbocycles. The fraction of sp³-hybridized carbons (Fsp3) is 0.381. The molecular formula is C21H25N3OS. The lowest BCUT2D eigenvalue weighted by Crippen LogP contribution is -2.50. The summed E-state index contributed by atoms with van der Waals surface area (Å²) in [4.78, 5) is 9.83. The molecule has 4 nitrogen and oxygen atoms in total. The first-order valence-corrected chi connectivity index (χ1v) is 10.0. The maximum atomic E-state index is 5.35. The van der Waals surface area contributed by atoms with Gasteiger partial charge in [0.25, 0.3) is 0 Å². The number of thiazole rings is 1. The molecule has 1 aliphatic heterocycles. The lowest BCUT2D eigenvalue weighted by atomic mass is 10.1. The van der Waals surface area contributed by atoms with Gasteiger partial charge in [-0.2, -0.15) is 0 Å². The number of fused-ring (bicyclic) bond motifs is 1. The van der Waals surface area contributed by atoms with Crippen LogP contribution < -0.4 is 9.64 Å². The highest BCUT2D eigenvalue weighted by molar-refractivity contribution is 7.18. The summed E-state index contributed by atoms with van der Waals surface area (Å²) in [6, 6.07) is 17.3. The first-order valence-electron chi connectivity index (χ1n) is 9.20. The SMILES string of the molecule is COc1cccc(N2CCN([C@H](C)Cc3nc4ccccc4s3)CC2)c1. The largest absolute Gasteiger partial charge is 0.497 e. The van der Waals surface area contributed by atoms with E-state index in [2.05, 4.69) is 59.2 Å². The lowest BCUT2D eigenvalue weighted by molar-refractivity contribution is 0.196. The van der Waals surface area contributed by atoms with Crippen LogP contribution in [0.1, 0.15) is 11.9 Å². The van der Waals surface area contributed by atoms with Gasteiger partial charge in [0.05, 0.1) is 22.3 Å². The molecule has 1 saturated heterocycles. The summed E-state index contributed by atoms with van der Waals surface area (Å²) in [5.41, 5.74) is 2.38. The molecule has 0 bridgehead atoms. The van der Waals surface area contributed by atoms with Gasteiger partial charge in [0.1, 0.15) is 5.75 Å². The third kappa shape index (κ3) is 3.69. The first kappa shape index (κ1) is 17.3. The fourth-order valence-electron chi connectivity index (χ4n) is 3.62. The Balaban J connectivity index is 1.36. The Morgan fingerprint density at radius 2 is 1.88 bits per heavy atom. The Hall–Kier alpha value is -2.11. The van der Waals surface area contributed by atoms with Crippen molar-refractivity contribution in [3.05, 3.63) is 53.5 Å². The van der Waals surface area contributed by atoms with Crippen LogP contribution in [-0.2, 0) is 6.42 Å². The highest BCUT2D eigenvalue weighted by Crippen LogP contribution is 2.25.